The summed E-state index contributed by atoms with van der Waals surface area (Å²) >= 11 is 0. The van der Waals surface area contributed by atoms with Crippen molar-refractivity contribution >= 4 is 23.4 Å². The first-order valence-electron chi connectivity index (χ1n) is 10.9. The first-order valence-corrected chi connectivity index (χ1v) is 10.9. The van der Waals surface area contributed by atoms with E-state index in [0.717, 1.165) is 5.46 Å². The van der Waals surface area contributed by atoms with Crippen LogP contribution in [-0.2, 0) is 9.31 Å². The van der Waals surface area contributed by atoms with Crippen molar-refractivity contribution in [3.05, 3.63) is 91.0 Å². The van der Waals surface area contributed by atoms with Crippen LogP contribution in [0.4, 0.5) is 0 Å². The minimum Gasteiger partial charge on any atom is -0.399 e. The van der Waals surface area contributed by atoms with Crippen LogP contribution in [0, 0.1) is 0 Å². The Morgan fingerprint density at radius 3 is 1.87 bits per heavy atom. The molecule has 0 N–H and O–H groups in total. The Bertz CT molecular complexity index is 1230. The zero-order chi connectivity index (χ0) is 21.6. The van der Waals surface area contributed by atoms with Crippen LogP contribution in [0.2, 0.25) is 0 Å². The van der Waals surface area contributed by atoms with Gasteiger partial charge in [0.15, 0.2) is 0 Å². The highest BCUT2D eigenvalue weighted by Crippen LogP contribution is 2.39. The van der Waals surface area contributed by atoms with Crippen molar-refractivity contribution in [3.8, 4) is 22.3 Å². The third-order valence-corrected chi connectivity index (χ3v) is 6.71. The van der Waals surface area contributed by atoms with Crippen LogP contribution in [0.1, 0.15) is 27.7 Å². The van der Waals surface area contributed by atoms with Gasteiger partial charge in [-0.15, -0.1) is 0 Å². The second-order valence-corrected chi connectivity index (χ2v) is 9.29. The molecule has 0 aliphatic carbocycles. The fourth-order valence-corrected chi connectivity index (χ4v) is 4.26. The molecule has 0 unspecified atom stereocenters. The summed E-state index contributed by atoms with van der Waals surface area (Å²) in [6.07, 6.45) is 0. The molecule has 5 rings (SSSR count). The van der Waals surface area contributed by atoms with Gasteiger partial charge >= 0.3 is 7.12 Å². The smallest absolute Gasteiger partial charge is 0.399 e. The molecular weight excluding hydrogens is 379 g/mol. The lowest BCUT2D eigenvalue weighted by atomic mass is 9.76. The van der Waals surface area contributed by atoms with E-state index in [-0.39, 0.29) is 11.2 Å². The number of rotatable bonds is 3. The number of benzene rings is 4. The fraction of sp³-hybridized carbons (Fsp3) is 0.214. The third-order valence-electron chi connectivity index (χ3n) is 6.71. The Labute approximate surface area is 185 Å². The van der Waals surface area contributed by atoms with Gasteiger partial charge in [-0.1, -0.05) is 91.0 Å². The Hall–Kier alpha value is -2.88. The zero-order valence-electron chi connectivity index (χ0n) is 18.6. The topological polar surface area (TPSA) is 18.5 Å². The summed E-state index contributed by atoms with van der Waals surface area (Å²) in [6.45, 7) is 8.39. The molecule has 154 valence electrons. The summed E-state index contributed by atoms with van der Waals surface area (Å²) in [5.74, 6) is 0. The van der Waals surface area contributed by atoms with E-state index in [1.807, 2.05) is 0 Å². The molecule has 2 nitrogen and oxygen atoms in total. The van der Waals surface area contributed by atoms with Gasteiger partial charge in [0.25, 0.3) is 0 Å². The molecule has 0 saturated carbocycles. The lowest BCUT2D eigenvalue weighted by Gasteiger charge is -2.32. The highest BCUT2D eigenvalue weighted by atomic mass is 16.7. The summed E-state index contributed by atoms with van der Waals surface area (Å²) < 4.78 is 12.8. The molecule has 4 aromatic rings. The first kappa shape index (κ1) is 20.1. The van der Waals surface area contributed by atoms with Gasteiger partial charge in [-0.25, -0.2) is 0 Å². The predicted molar refractivity (Wildman–Crippen MR) is 131 cm³/mol. The Morgan fingerprint density at radius 1 is 0.581 bits per heavy atom. The number of hydrogen-bond acceptors (Lipinski definition) is 2. The van der Waals surface area contributed by atoms with Crippen LogP contribution < -0.4 is 5.46 Å². The molecule has 31 heavy (non-hydrogen) atoms. The molecule has 4 aromatic carbocycles. The molecule has 1 aliphatic heterocycles. The number of hydrogen-bond donors (Lipinski definition) is 0. The lowest BCUT2D eigenvalue weighted by molar-refractivity contribution is 0.00578. The van der Waals surface area contributed by atoms with Crippen LogP contribution in [0.5, 0.6) is 0 Å². The van der Waals surface area contributed by atoms with Crippen molar-refractivity contribution < 1.29 is 9.31 Å². The molecule has 0 aromatic heterocycles. The van der Waals surface area contributed by atoms with Crippen LogP contribution in [0.3, 0.4) is 0 Å². The van der Waals surface area contributed by atoms with Gasteiger partial charge in [0.05, 0.1) is 11.2 Å². The zero-order valence-corrected chi connectivity index (χ0v) is 18.6. The normalized spacial score (nSPS) is 17.2. The van der Waals surface area contributed by atoms with Gasteiger partial charge in [0.2, 0.25) is 0 Å². The van der Waals surface area contributed by atoms with Crippen molar-refractivity contribution in [1.82, 2.24) is 0 Å². The van der Waals surface area contributed by atoms with Gasteiger partial charge in [0.1, 0.15) is 0 Å². The lowest BCUT2D eigenvalue weighted by Crippen LogP contribution is -2.41. The molecule has 0 amide bonds. The molecule has 0 radical (unpaired) electrons. The summed E-state index contributed by atoms with van der Waals surface area (Å²) in [4.78, 5) is 0. The third kappa shape index (κ3) is 3.48. The molecule has 0 bridgehead atoms. The largest absolute Gasteiger partial charge is 0.494 e. The van der Waals surface area contributed by atoms with Gasteiger partial charge in [-0.3, -0.25) is 0 Å². The van der Waals surface area contributed by atoms with E-state index >= 15 is 0 Å². The highest BCUT2D eigenvalue weighted by Gasteiger charge is 2.51. The average molecular weight is 406 g/mol. The Kier molecular flexibility index (Phi) is 4.77. The minimum atomic E-state index is -0.391. The first-order chi connectivity index (χ1) is 14.9. The minimum absolute atomic E-state index is 0.370. The van der Waals surface area contributed by atoms with Gasteiger partial charge < -0.3 is 9.31 Å². The van der Waals surface area contributed by atoms with E-state index in [0.29, 0.717) is 0 Å². The van der Waals surface area contributed by atoms with Crippen molar-refractivity contribution in [1.29, 1.82) is 0 Å². The van der Waals surface area contributed by atoms with Gasteiger partial charge in [-0.05, 0) is 66.2 Å². The number of fused-ring (bicyclic) bond motifs is 1. The summed E-state index contributed by atoms with van der Waals surface area (Å²) in [6, 6.07) is 32.2. The highest BCUT2D eigenvalue weighted by molar-refractivity contribution is 6.62. The van der Waals surface area contributed by atoms with Gasteiger partial charge in [-0.2, -0.15) is 0 Å². The van der Waals surface area contributed by atoms with Crippen molar-refractivity contribution in [3.63, 3.8) is 0 Å². The van der Waals surface area contributed by atoms with Crippen LogP contribution in [0.25, 0.3) is 33.0 Å². The van der Waals surface area contributed by atoms with E-state index in [2.05, 4.69) is 119 Å². The molecular formula is C28H27BO2. The molecule has 1 saturated heterocycles. The molecule has 1 fully saturated rings. The maximum atomic E-state index is 6.38. The molecule has 0 atom stereocenters. The predicted octanol–water partition coefficient (Wildman–Crippen LogP) is 6.47. The second kappa shape index (κ2) is 7.37. The maximum Gasteiger partial charge on any atom is 0.494 e. The Balaban J connectivity index is 1.71. The van der Waals surface area contributed by atoms with Gasteiger partial charge in [0, 0.05) is 0 Å². The van der Waals surface area contributed by atoms with E-state index < -0.39 is 7.12 Å². The van der Waals surface area contributed by atoms with E-state index in [1.54, 1.807) is 0 Å². The molecule has 1 heterocycles. The van der Waals surface area contributed by atoms with E-state index in [9.17, 15) is 0 Å². The summed E-state index contributed by atoms with van der Waals surface area (Å²) in [5, 5.41) is 2.42. The summed E-state index contributed by atoms with van der Waals surface area (Å²) in [7, 11) is -0.391. The van der Waals surface area contributed by atoms with Crippen LogP contribution >= 0.6 is 0 Å². The summed E-state index contributed by atoms with van der Waals surface area (Å²) in [5.41, 5.74) is 5.15. The van der Waals surface area contributed by atoms with E-state index in [4.69, 9.17) is 9.31 Å². The SMILES string of the molecule is CC1(C)OB(c2cc(-c3ccccc3-c3ccccc3)c3ccccc3c2)OC1(C)C. The van der Waals surface area contributed by atoms with Crippen molar-refractivity contribution in [2.24, 2.45) is 0 Å². The fourth-order valence-electron chi connectivity index (χ4n) is 4.26. The quantitative estimate of drug-likeness (QED) is 0.363. The van der Waals surface area contributed by atoms with Crippen molar-refractivity contribution in [2.45, 2.75) is 38.9 Å². The molecule has 0 spiro atoms. The van der Waals surface area contributed by atoms with E-state index in [1.165, 1.54) is 33.0 Å². The molecule has 1 aliphatic rings. The second-order valence-electron chi connectivity index (χ2n) is 9.29. The average Bonchev–Trinajstić information content (AvgIpc) is 3.00. The standard InChI is InChI=1S/C28H27BO2/c1-27(2)28(3,4)31-29(30-27)22-18-21-14-8-9-16-24(21)26(19-22)25-17-11-10-15-23(25)20-12-6-5-7-13-20/h5-19H,1-4H3. The van der Waals surface area contributed by atoms with Crippen molar-refractivity contribution in [2.75, 3.05) is 0 Å². The monoisotopic (exact) mass is 406 g/mol. The van der Waals surface area contributed by atoms with Crippen LogP contribution in [-0.4, -0.2) is 18.3 Å². The van der Waals surface area contributed by atoms with Crippen LogP contribution in [0.15, 0.2) is 91.0 Å². The maximum absolute atomic E-state index is 6.38. The molecule has 3 heteroatoms. The Morgan fingerprint density at radius 2 is 1.16 bits per heavy atom.